The van der Waals surface area contributed by atoms with Crippen molar-refractivity contribution in [3.63, 3.8) is 0 Å². The predicted molar refractivity (Wildman–Crippen MR) is 53.2 cm³/mol. The van der Waals surface area contributed by atoms with E-state index in [0.29, 0.717) is 16.6 Å². The average Bonchev–Trinajstić information content (AvgIpc) is 2.03. The van der Waals surface area contributed by atoms with Crippen LogP contribution in [0.4, 0.5) is 5.69 Å². The number of ether oxygens (including phenoxy) is 1. The van der Waals surface area contributed by atoms with Gasteiger partial charge in [-0.3, -0.25) is 0 Å². The molecule has 1 aliphatic rings. The first-order chi connectivity index (χ1) is 5.75. The molecule has 1 aliphatic heterocycles. The molecule has 0 aromatic heterocycles. The number of hydrogen-bond acceptors (Lipinski definition) is 2. The van der Waals surface area contributed by atoms with E-state index in [0.717, 1.165) is 11.4 Å². The van der Waals surface area contributed by atoms with Crippen molar-refractivity contribution in [2.75, 3.05) is 11.9 Å². The Balaban J connectivity index is 2.44. The number of hydrogen-bond donors (Lipinski definition) is 1. The number of benzene rings is 1. The first kappa shape index (κ1) is 7.83. The summed E-state index contributed by atoms with van der Waals surface area (Å²) >= 11 is 10.7. The molecule has 0 saturated heterocycles. The lowest BCUT2D eigenvalue weighted by Gasteiger charge is -2.19. The van der Waals surface area contributed by atoms with Gasteiger partial charge in [0.2, 0.25) is 0 Å². The van der Waals surface area contributed by atoms with Crippen LogP contribution in [0.1, 0.15) is 0 Å². The Morgan fingerprint density at radius 2 is 2.33 bits per heavy atom. The van der Waals surface area contributed by atoms with Gasteiger partial charge in [0.1, 0.15) is 17.3 Å². The molecule has 2 rings (SSSR count). The molecule has 1 heterocycles. The zero-order chi connectivity index (χ0) is 8.55. The summed E-state index contributed by atoms with van der Waals surface area (Å²) in [6.07, 6.45) is 0. The molecule has 1 N–H and O–H groups in total. The Bertz CT molecular complexity index is 340. The van der Waals surface area contributed by atoms with E-state index in [1.807, 2.05) is 6.07 Å². The maximum absolute atomic E-state index is 5.79. The van der Waals surface area contributed by atoms with Crippen LogP contribution in [0.5, 0.6) is 5.75 Å². The molecule has 1 aromatic carbocycles. The van der Waals surface area contributed by atoms with Gasteiger partial charge >= 0.3 is 0 Å². The predicted octanol–water partition coefficient (Wildman–Crippen LogP) is 2.47. The van der Waals surface area contributed by atoms with E-state index in [9.17, 15) is 0 Å². The third kappa shape index (κ3) is 1.38. The molecule has 0 radical (unpaired) electrons. The van der Waals surface area contributed by atoms with Gasteiger partial charge in [0.15, 0.2) is 0 Å². The van der Waals surface area contributed by atoms with Gasteiger partial charge in [-0.25, -0.2) is 0 Å². The number of rotatable bonds is 0. The van der Waals surface area contributed by atoms with E-state index < -0.39 is 0 Å². The van der Waals surface area contributed by atoms with Gasteiger partial charge in [0.25, 0.3) is 0 Å². The number of anilines is 1. The Kier molecular flexibility index (Phi) is 1.90. The summed E-state index contributed by atoms with van der Waals surface area (Å²) in [5, 5.41) is 3.70. The molecule has 0 amide bonds. The molecule has 4 heteroatoms. The van der Waals surface area contributed by atoms with Gasteiger partial charge in [-0.2, -0.15) is 0 Å². The molecule has 62 valence electrons. The minimum Gasteiger partial charge on any atom is -0.484 e. The molecule has 0 saturated carbocycles. The standard InChI is InChI=1S/C8H6ClNOS/c9-5-1-2-7-6(3-5)10-8(12)4-11-7/h1-3H,4H2,(H,10,12). The second kappa shape index (κ2) is 2.92. The topological polar surface area (TPSA) is 21.3 Å². The van der Waals surface area contributed by atoms with Crippen LogP contribution in [0.2, 0.25) is 5.02 Å². The van der Waals surface area contributed by atoms with Crippen LogP contribution < -0.4 is 10.1 Å². The molecule has 0 aliphatic carbocycles. The molecule has 0 atom stereocenters. The Hall–Kier alpha value is -0.800. The average molecular weight is 200 g/mol. The molecule has 0 fully saturated rings. The van der Waals surface area contributed by atoms with E-state index in [1.54, 1.807) is 12.1 Å². The summed E-state index contributed by atoms with van der Waals surface area (Å²) in [6.45, 7) is 0.448. The summed E-state index contributed by atoms with van der Waals surface area (Å²) in [4.78, 5) is 0.685. The van der Waals surface area contributed by atoms with Crippen molar-refractivity contribution in [1.82, 2.24) is 0 Å². The minimum absolute atomic E-state index is 0.448. The summed E-state index contributed by atoms with van der Waals surface area (Å²) in [6, 6.07) is 5.41. The molecule has 0 spiro atoms. The molecular formula is C8H6ClNOS. The van der Waals surface area contributed by atoms with Crippen LogP contribution in [0, 0.1) is 0 Å². The molecule has 1 aromatic rings. The van der Waals surface area contributed by atoms with Crippen molar-refractivity contribution in [2.45, 2.75) is 0 Å². The van der Waals surface area contributed by atoms with Crippen molar-refractivity contribution in [3.8, 4) is 5.75 Å². The Labute approximate surface area is 80.5 Å². The summed E-state index contributed by atoms with van der Waals surface area (Å²) in [5.74, 6) is 0.799. The quantitative estimate of drug-likeness (QED) is 0.649. The lowest BCUT2D eigenvalue weighted by atomic mass is 10.2. The zero-order valence-corrected chi connectivity index (χ0v) is 7.71. The fourth-order valence-corrected chi connectivity index (χ4v) is 1.40. The van der Waals surface area contributed by atoms with Crippen LogP contribution in [-0.4, -0.2) is 11.6 Å². The normalized spacial score (nSPS) is 14.6. The third-order valence-electron chi connectivity index (χ3n) is 1.57. The maximum atomic E-state index is 5.79. The summed E-state index contributed by atoms with van der Waals surface area (Å²) in [7, 11) is 0. The van der Waals surface area contributed by atoms with Crippen molar-refractivity contribution in [1.29, 1.82) is 0 Å². The third-order valence-corrected chi connectivity index (χ3v) is 2.03. The van der Waals surface area contributed by atoms with Gasteiger partial charge in [-0.1, -0.05) is 23.8 Å². The number of halogens is 1. The van der Waals surface area contributed by atoms with E-state index in [4.69, 9.17) is 28.6 Å². The van der Waals surface area contributed by atoms with Crippen LogP contribution in [0.15, 0.2) is 18.2 Å². The van der Waals surface area contributed by atoms with E-state index in [1.165, 1.54) is 0 Å². The highest BCUT2D eigenvalue weighted by Gasteiger charge is 2.12. The maximum Gasteiger partial charge on any atom is 0.143 e. The monoisotopic (exact) mass is 199 g/mol. The number of fused-ring (bicyclic) bond motifs is 1. The lowest BCUT2D eigenvalue weighted by molar-refractivity contribution is 0.375. The molecule has 0 unspecified atom stereocenters. The van der Waals surface area contributed by atoms with Crippen molar-refractivity contribution < 1.29 is 4.74 Å². The van der Waals surface area contributed by atoms with E-state index in [-0.39, 0.29) is 0 Å². The van der Waals surface area contributed by atoms with Crippen LogP contribution >= 0.6 is 23.8 Å². The molecule has 2 nitrogen and oxygen atoms in total. The van der Waals surface area contributed by atoms with Gasteiger partial charge in [0, 0.05) is 5.02 Å². The first-order valence-electron chi connectivity index (χ1n) is 3.48. The fraction of sp³-hybridized carbons (Fsp3) is 0.125. The highest BCUT2D eigenvalue weighted by Crippen LogP contribution is 2.30. The largest absolute Gasteiger partial charge is 0.484 e. The molecule has 12 heavy (non-hydrogen) atoms. The van der Waals surface area contributed by atoms with Crippen LogP contribution in [0.25, 0.3) is 0 Å². The van der Waals surface area contributed by atoms with E-state index in [2.05, 4.69) is 5.32 Å². The highest BCUT2D eigenvalue weighted by atomic mass is 35.5. The Morgan fingerprint density at radius 3 is 3.17 bits per heavy atom. The smallest absolute Gasteiger partial charge is 0.143 e. The van der Waals surface area contributed by atoms with Crippen LogP contribution in [-0.2, 0) is 0 Å². The fourth-order valence-electron chi connectivity index (χ4n) is 1.06. The molecule has 0 bridgehead atoms. The number of nitrogens with one attached hydrogen (secondary N) is 1. The summed E-state index contributed by atoms with van der Waals surface area (Å²) < 4.78 is 5.33. The van der Waals surface area contributed by atoms with Crippen molar-refractivity contribution in [3.05, 3.63) is 23.2 Å². The van der Waals surface area contributed by atoms with Gasteiger partial charge in [-0.15, -0.1) is 0 Å². The van der Waals surface area contributed by atoms with Gasteiger partial charge < -0.3 is 10.1 Å². The highest BCUT2D eigenvalue weighted by molar-refractivity contribution is 7.80. The van der Waals surface area contributed by atoms with Crippen LogP contribution in [0.3, 0.4) is 0 Å². The van der Waals surface area contributed by atoms with Crippen molar-refractivity contribution >= 4 is 34.5 Å². The minimum atomic E-state index is 0.448. The second-order valence-electron chi connectivity index (χ2n) is 2.48. The SMILES string of the molecule is S=C1COc2ccc(Cl)cc2N1. The lowest BCUT2D eigenvalue weighted by Crippen LogP contribution is -2.23. The van der Waals surface area contributed by atoms with Crippen molar-refractivity contribution in [2.24, 2.45) is 0 Å². The zero-order valence-electron chi connectivity index (χ0n) is 6.13. The summed E-state index contributed by atoms with van der Waals surface area (Å²) in [5.41, 5.74) is 0.846. The van der Waals surface area contributed by atoms with Gasteiger partial charge in [0.05, 0.1) is 5.69 Å². The Morgan fingerprint density at radius 1 is 1.50 bits per heavy atom. The van der Waals surface area contributed by atoms with Gasteiger partial charge in [-0.05, 0) is 18.2 Å². The number of thiocarbonyl (C=S) groups is 1. The first-order valence-corrected chi connectivity index (χ1v) is 4.26. The molecular weight excluding hydrogens is 194 g/mol. The second-order valence-corrected chi connectivity index (χ2v) is 3.41. The van der Waals surface area contributed by atoms with E-state index >= 15 is 0 Å².